The SMILES string of the molecule is CCCCC1CCC(c2ccc(C3CCc4c(cc(F)c(OC(F)(F)F)c4F)C3)cc2)CC1. The van der Waals surface area contributed by atoms with Gasteiger partial charge in [0, 0.05) is 0 Å². The second kappa shape index (κ2) is 10.0. The van der Waals surface area contributed by atoms with Crippen molar-refractivity contribution in [1.29, 1.82) is 0 Å². The van der Waals surface area contributed by atoms with E-state index in [1.165, 1.54) is 50.5 Å². The molecule has 1 nitrogen and oxygen atoms in total. The molecule has 0 heterocycles. The zero-order valence-corrected chi connectivity index (χ0v) is 19.0. The van der Waals surface area contributed by atoms with Crippen molar-refractivity contribution in [3.05, 3.63) is 64.2 Å². The number of benzene rings is 2. The number of ether oxygens (including phenoxy) is 1. The van der Waals surface area contributed by atoms with Gasteiger partial charge in [0.05, 0.1) is 0 Å². The number of fused-ring (bicyclic) bond motifs is 1. The molecule has 2 aromatic rings. The van der Waals surface area contributed by atoms with Gasteiger partial charge in [-0.1, -0.05) is 50.5 Å². The second-order valence-electron chi connectivity index (χ2n) is 9.65. The van der Waals surface area contributed by atoms with Gasteiger partial charge < -0.3 is 4.74 Å². The Morgan fingerprint density at radius 3 is 2.15 bits per heavy atom. The van der Waals surface area contributed by atoms with Gasteiger partial charge in [0.2, 0.25) is 5.75 Å². The van der Waals surface area contributed by atoms with E-state index in [4.69, 9.17) is 0 Å². The molecule has 0 amide bonds. The highest BCUT2D eigenvalue weighted by atomic mass is 19.4. The third-order valence-corrected chi connectivity index (χ3v) is 7.49. The van der Waals surface area contributed by atoms with Crippen LogP contribution in [0.15, 0.2) is 30.3 Å². The van der Waals surface area contributed by atoms with Gasteiger partial charge in [0.25, 0.3) is 0 Å². The Balaban J connectivity index is 1.42. The summed E-state index contributed by atoms with van der Waals surface area (Å²) in [5.41, 5.74) is 3.01. The van der Waals surface area contributed by atoms with Crippen molar-refractivity contribution in [2.24, 2.45) is 5.92 Å². The minimum Gasteiger partial charge on any atom is -0.399 e. The van der Waals surface area contributed by atoms with E-state index < -0.39 is 23.7 Å². The first-order valence-corrected chi connectivity index (χ1v) is 12.1. The van der Waals surface area contributed by atoms with Crippen LogP contribution in [0.4, 0.5) is 22.0 Å². The lowest BCUT2D eigenvalue weighted by Gasteiger charge is -2.29. The third-order valence-electron chi connectivity index (χ3n) is 7.49. The molecule has 0 aliphatic heterocycles. The lowest BCUT2D eigenvalue weighted by molar-refractivity contribution is -0.276. The molecule has 180 valence electrons. The molecule has 4 rings (SSSR count). The van der Waals surface area contributed by atoms with Crippen LogP contribution in [0.3, 0.4) is 0 Å². The molecule has 1 fully saturated rings. The van der Waals surface area contributed by atoms with Gasteiger partial charge in [-0.3, -0.25) is 0 Å². The Hall–Kier alpha value is -2.11. The van der Waals surface area contributed by atoms with Gasteiger partial charge in [-0.2, -0.15) is 0 Å². The molecule has 2 aliphatic rings. The minimum absolute atomic E-state index is 0.0875. The highest BCUT2D eigenvalue weighted by Crippen LogP contribution is 2.41. The Labute approximate surface area is 192 Å². The maximum Gasteiger partial charge on any atom is 0.573 e. The fourth-order valence-electron chi connectivity index (χ4n) is 5.64. The van der Waals surface area contributed by atoms with Crippen LogP contribution in [0.25, 0.3) is 0 Å². The molecule has 1 atom stereocenters. The number of halogens is 5. The first-order valence-electron chi connectivity index (χ1n) is 12.1. The Morgan fingerprint density at radius 1 is 0.909 bits per heavy atom. The maximum absolute atomic E-state index is 14.6. The standard InChI is InChI=1S/C27H31F5O/c1-2-3-4-17-5-7-18(8-6-17)19-9-11-20(12-10-19)21-13-14-23-22(15-21)16-24(28)26(25(23)29)33-27(30,31)32/h9-12,16-18,21H,2-8,13-15H2,1H3. The lowest BCUT2D eigenvalue weighted by Crippen LogP contribution is -2.21. The zero-order chi connectivity index (χ0) is 23.6. The molecule has 0 radical (unpaired) electrons. The summed E-state index contributed by atoms with van der Waals surface area (Å²) >= 11 is 0. The van der Waals surface area contributed by atoms with Crippen LogP contribution >= 0.6 is 0 Å². The Morgan fingerprint density at radius 2 is 1.55 bits per heavy atom. The fraction of sp³-hybridized carbons (Fsp3) is 0.556. The van der Waals surface area contributed by atoms with Crippen LogP contribution in [-0.4, -0.2) is 6.36 Å². The van der Waals surface area contributed by atoms with Crippen molar-refractivity contribution in [1.82, 2.24) is 0 Å². The molecular weight excluding hydrogens is 435 g/mol. The molecular formula is C27H31F5O. The number of alkyl halides is 3. The minimum atomic E-state index is -5.14. The largest absolute Gasteiger partial charge is 0.573 e. The van der Waals surface area contributed by atoms with Crippen LogP contribution in [0.5, 0.6) is 5.75 Å². The molecule has 1 unspecified atom stereocenters. The summed E-state index contributed by atoms with van der Waals surface area (Å²) in [7, 11) is 0. The van der Waals surface area contributed by atoms with E-state index in [2.05, 4.69) is 35.9 Å². The van der Waals surface area contributed by atoms with E-state index in [9.17, 15) is 22.0 Å². The van der Waals surface area contributed by atoms with E-state index in [0.29, 0.717) is 24.3 Å². The van der Waals surface area contributed by atoms with Crippen LogP contribution in [0, 0.1) is 17.6 Å². The van der Waals surface area contributed by atoms with Gasteiger partial charge in [-0.15, -0.1) is 13.2 Å². The number of hydrogen-bond donors (Lipinski definition) is 0. The van der Waals surface area contributed by atoms with E-state index in [-0.39, 0.29) is 17.9 Å². The van der Waals surface area contributed by atoms with Gasteiger partial charge in [-0.25, -0.2) is 8.78 Å². The quantitative estimate of drug-likeness (QED) is 0.387. The number of rotatable bonds is 6. The van der Waals surface area contributed by atoms with E-state index in [1.807, 2.05) is 0 Å². The Kier molecular flexibility index (Phi) is 7.30. The molecule has 0 spiro atoms. The van der Waals surface area contributed by atoms with E-state index in [1.54, 1.807) is 0 Å². The first kappa shape index (κ1) is 24.0. The molecule has 6 heteroatoms. The van der Waals surface area contributed by atoms with Crippen molar-refractivity contribution in [3.63, 3.8) is 0 Å². The summed E-state index contributed by atoms with van der Waals surface area (Å²) in [4.78, 5) is 0. The average Bonchev–Trinajstić information content (AvgIpc) is 2.80. The van der Waals surface area contributed by atoms with E-state index >= 15 is 0 Å². The molecule has 0 saturated heterocycles. The first-order chi connectivity index (χ1) is 15.7. The molecule has 2 aromatic carbocycles. The molecule has 0 aromatic heterocycles. The summed E-state index contributed by atoms with van der Waals surface area (Å²) in [6.45, 7) is 2.24. The second-order valence-corrected chi connectivity index (χ2v) is 9.65. The maximum atomic E-state index is 14.6. The van der Waals surface area contributed by atoms with Crippen LogP contribution in [-0.2, 0) is 12.8 Å². The zero-order valence-electron chi connectivity index (χ0n) is 19.0. The van der Waals surface area contributed by atoms with E-state index in [0.717, 1.165) is 17.5 Å². The van der Waals surface area contributed by atoms with Gasteiger partial charge in [-0.05, 0) is 91.0 Å². The number of hydrogen-bond acceptors (Lipinski definition) is 1. The summed E-state index contributed by atoms with van der Waals surface area (Å²) in [5, 5.41) is 0. The van der Waals surface area contributed by atoms with Crippen LogP contribution < -0.4 is 4.74 Å². The predicted molar refractivity (Wildman–Crippen MR) is 118 cm³/mol. The average molecular weight is 467 g/mol. The summed E-state index contributed by atoms with van der Waals surface area (Å²) < 4.78 is 69.8. The topological polar surface area (TPSA) is 9.23 Å². The normalized spacial score (nSPS) is 23.3. The number of unbranched alkanes of at least 4 members (excludes halogenated alkanes) is 1. The summed E-state index contributed by atoms with van der Waals surface area (Å²) in [5.74, 6) is -2.34. The third kappa shape index (κ3) is 5.70. The highest BCUT2D eigenvalue weighted by molar-refractivity contribution is 5.42. The van der Waals surface area contributed by atoms with Gasteiger partial charge >= 0.3 is 6.36 Å². The fourth-order valence-corrected chi connectivity index (χ4v) is 5.64. The lowest BCUT2D eigenvalue weighted by atomic mass is 9.76. The van der Waals surface area contributed by atoms with Crippen molar-refractivity contribution in [3.8, 4) is 5.75 Å². The Bertz CT molecular complexity index is 942. The summed E-state index contributed by atoms with van der Waals surface area (Å²) in [6.07, 6.45) is 5.08. The van der Waals surface area contributed by atoms with Crippen molar-refractivity contribution >= 4 is 0 Å². The summed E-state index contributed by atoms with van der Waals surface area (Å²) in [6, 6.07) is 9.59. The predicted octanol–water partition coefficient (Wildman–Crippen LogP) is 8.60. The molecule has 1 saturated carbocycles. The monoisotopic (exact) mass is 466 g/mol. The molecule has 33 heavy (non-hydrogen) atoms. The smallest absolute Gasteiger partial charge is 0.399 e. The van der Waals surface area contributed by atoms with Gasteiger partial charge in [0.1, 0.15) is 0 Å². The molecule has 2 aliphatic carbocycles. The van der Waals surface area contributed by atoms with Crippen molar-refractivity contribution in [2.75, 3.05) is 0 Å². The van der Waals surface area contributed by atoms with Crippen LogP contribution in [0.1, 0.15) is 92.4 Å². The van der Waals surface area contributed by atoms with Gasteiger partial charge in [0.15, 0.2) is 11.6 Å². The molecule has 0 N–H and O–H groups in total. The van der Waals surface area contributed by atoms with Crippen molar-refractivity contribution in [2.45, 2.75) is 89.3 Å². The molecule has 0 bridgehead atoms. The highest BCUT2D eigenvalue weighted by Gasteiger charge is 2.36. The van der Waals surface area contributed by atoms with Crippen LogP contribution in [0.2, 0.25) is 0 Å². The van der Waals surface area contributed by atoms with Crippen molar-refractivity contribution < 1.29 is 26.7 Å².